The third kappa shape index (κ3) is 2.14. The summed E-state index contributed by atoms with van der Waals surface area (Å²) in [6.45, 7) is 5.84. The molecule has 124 valence electrons. The summed E-state index contributed by atoms with van der Waals surface area (Å²) in [4.78, 5) is 2.15. The molecule has 3 heterocycles. The predicted molar refractivity (Wildman–Crippen MR) is 90.6 cm³/mol. The van der Waals surface area contributed by atoms with Crippen LogP contribution in [0.1, 0.15) is 36.5 Å². The molecule has 0 aliphatic carbocycles. The molecule has 1 atom stereocenters. The van der Waals surface area contributed by atoms with Crippen molar-refractivity contribution in [1.29, 1.82) is 0 Å². The summed E-state index contributed by atoms with van der Waals surface area (Å²) in [6.07, 6.45) is 3.41. The van der Waals surface area contributed by atoms with Gasteiger partial charge in [-0.05, 0) is 38.1 Å². The van der Waals surface area contributed by atoms with Crippen LogP contribution in [0.5, 0.6) is 11.7 Å². The van der Waals surface area contributed by atoms with Crippen LogP contribution in [0.15, 0.2) is 45.7 Å². The lowest BCUT2D eigenvalue weighted by Gasteiger charge is -2.27. The number of anilines is 2. The van der Waals surface area contributed by atoms with Gasteiger partial charge in [0.25, 0.3) is 0 Å². The molecule has 24 heavy (non-hydrogen) atoms. The number of aromatic nitrogens is 1. The third-order valence-corrected chi connectivity index (χ3v) is 4.45. The Morgan fingerprint density at radius 1 is 1.21 bits per heavy atom. The highest BCUT2D eigenvalue weighted by Gasteiger charge is 2.37. The standard InChI is InChI=1S/C18H19N3O3/c1-3-21(4-2)17-16-15(11-7-8-22-10-11)13-9-12(19)5-6-14(13)23-18(16)24-20-17/h5-10,15H,3-4,19H2,1-2H3. The monoisotopic (exact) mass is 325 g/mol. The van der Waals surface area contributed by atoms with Crippen LogP contribution in [-0.2, 0) is 0 Å². The van der Waals surface area contributed by atoms with Crippen LogP contribution in [0.4, 0.5) is 11.5 Å². The van der Waals surface area contributed by atoms with E-state index in [2.05, 4.69) is 23.9 Å². The normalized spacial score (nSPS) is 15.5. The van der Waals surface area contributed by atoms with Gasteiger partial charge in [0.1, 0.15) is 5.75 Å². The van der Waals surface area contributed by atoms with Gasteiger partial charge in [-0.25, -0.2) is 0 Å². The number of fused-ring (bicyclic) bond motifs is 2. The molecule has 1 aromatic carbocycles. The van der Waals surface area contributed by atoms with Crippen LogP contribution in [0, 0.1) is 0 Å². The highest BCUT2D eigenvalue weighted by Crippen LogP contribution is 2.51. The molecule has 0 fully saturated rings. The fraction of sp³-hybridized carbons (Fsp3) is 0.278. The van der Waals surface area contributed by atoms with Gasteiger partial charge >= 0.3 is 5.95 Å². The van der Waals surface area contributed by atoms with Crippen molar-refractivity contribution in [3.8, 4) is 11.7 Å². The zero-order valence-corrected chi connectivity index (χ0v) is 13.7. The summed E-state index contributed by atoms with van der Waals surface area (Å²) in [7, 11) is 0. The molecule has 1 aliphatic heterocycles. The minimum Gasteiger partial charge on any atom is -0.472 e. The van der Waals surface area contributed by atoms with Crippen molar-refractivity contribution in [2.75, 3.05) is 23.7 Å². The van der Waals surface area contributed by atoms with E-state index in [1.165, 1.54) is 0 Å². The average molecular weight is 325 g/mol. The maximum Gasteiger partial charge on any atom is 0.323 e. The highest BCUT2D eigenvalue weighted by molar-refractivity contribution is 5.66. The van der Waals surface area contributed by atoms with Gasteiger partial charge in [-0.3, -0.25) is 0 Å². The Morgan fingerprint density at radius 3 is 2.75 bits per heavy atom. The molecule has 1 aliphatic rings. The van der Waals surface area contributed by atoms with Gasteiger partial charge in [0.05, 0.1) is 24.0 Å². The average Bonchev–Trinajstić information content (AvgIpc) is 3.24. The third-order valence-electron chi connectivity index (χ3n) is 4.45. The number of benzene rings is 1. The van der Waals surface area contributed by atoms with E-state index in [1.54, 1.807) is 12.5 Å². The fourth-order valence-corrected chi connectivity index (χ4v) is 3.27. The number of nitrogen functional groups attached to an aromatic ring is 1. The minimum absolute atomic E-state index is 0.0900. The van der Waals surface area contributed by atoms with E-state index < -0.39 is 0 Å². The molecular formula is C18H19N3O3. The second kappa shape index (κ2) is 5.63. The molecule has 4 rings (SSSR count). The van der Waals surface area contributed by atoms with Crippen LogP contribution >= 0.6 is 0 Å². The second-order valence-electron chi connectivity index (χ2n) is 5.77. The van der Waals surface area contributed by atoms with Crippen LogP contribution < -0.4 is 15.4 Å². The quantitative estimate of drug-likeness (QED) is 0.572. The lowest BCUT2D eigenvalue weighted by Crippen LogP contribution is -2.24. The van der Waals surface area contributed by atoms with Gasteiger partial charge in [-0.15, -0.1) is 0 Å². The van der Waals surface area contributed by atoms with Crippen molar-refractivity contribution in [2.24, 2.45) is 0 Å². The molecule has 0 saturated carbocycles. The van der Waals surface area contributed by atoms with Crippen LogP contribution in [0.2, 0.25) is 0 Å². The van der Waals surface area contributed by atoms with E-state index >= 15 is 0 Å². The topological polar surface area (TPSA) is 77.7 Å². The SMILES string of the molecule is CCN(CC)c1noc2c1C(c1ccoc1)c1cc(N)ccc1O2. The number of furan rings is 1. The van der Waals surface area contributed by atoms with E-state index in [4.69, 9.17) is 19.4 Å². The highest BCUT2D eigenvalue weighted by atomic mass is 16.6. The Labute approximate surface area is 139 Å². The number of ether oxygens (including phenoxy) is 1. The van der Waals surface area contributed by atoms with Crippen molar-refractivity contribution in [1.82, 2.24) is 5.16 Å². The Hall–Kier alpha value is -2.89. The number of rotatable bonds is 4. The number of hydrogen-bond donors (Lipinski definition) is 1. The molecule has 6 nitrogen and oxygen atoms in total. The molecule has 0 amide bonds. The number of nitrogens with two attached hydrogens (primary N) is 1. The maximum absolute atomic E-state index is 6.01. The molecule has 0 radical (unpaired) electrons. The zero-order chi connectivity index (χ0) is 16.7. The van der Waals surface area contributed by atoms with Crippen LogP contribution in [0.25, 0.3) is 0 Å². The van der Waals surface area contributed by atoms with Gasteiger partial charge in [-0.1, -0.05) is 5.16 Å². The molecule has 0 spiro atoms. The zero-order valence-electron chi connectivity index (χ0n) is 13.7. The van der Waals surface area contributed by atoms with E-state index in [0.29, 0.717) is 11.6 Å². The lowest BCUT2D eigenvalue weighted by molar-refractivity contribution is 0.280. The van der Waals surface area contributed by atoms with Crippen LogP contribution in [0.3, 0.4) is 0 Å². The van der Waals surface area contributed by atoms with E-state index in [-0.39, 0.29) is 5.92 Å². The minimum atomic E-state index is -0.0900. The molecule has 2 aromatic heterocycles. The second-order valence-corrected chi connectivity index (χ2v) is 5.77. The van der Waals surface area contributed by atoms with Crippen molar-refractivity contribution < 1.29 is 13.7 Å². The molecular weight excluding hydrogens is 306 g/mol. The van der Waals surface area contributed by atoms with Gasteiger partial charge in [0.2, 0.25) is 0 Å². The summed E-state index contributed by atoms with van der Waals surface area (Å²) in [5, 5.41) is 4.27. The molecule has 3 aromatic rings. The largest absolute Gasteiger partial charge is 0.472 e. The molecule has 0 bridgehead atoms. The summed E-state index contributed by atoms with van der Waals surface area (Å²) in [5.41, 5.74) is 9.62. The van der Waals surface area contributed by atoms with E-state index in [9.17, 15) is 0 Å². The van der Waals surface area contributed by atoms with Crippen molar-refractivity contribution in [3.63, 3.8) is 0 Å². The first-order chi connectivity index (χ1) is 11.7. The Balaban J connectivity index is 1.94. The molecule has 2 N–H and O–H groups in total. The molecule has 6 heteroatoms. The van der Waals surface area contributed by atoms with Crippen molar-refractivity contribution >= 4 is 11.5 Å². The summed E-state index contributed by atoms with van der Waals surface area (Å²) in [6, 6.07) is 7.57. The number of nitrogens with zero attached hydrogens (tertiary/aromatic N) is 2. The molecule has 1 unspecified atom stereocenters. The first-order valence-electron chi connectivity index (χ1n) is 8.06. The first-order valence-corrected chi connectivity index (χ1v) is 8.06. The summed E-state index contributed by atoms with van der Waals surface area (Å²) in [5.74, 6) is 1.87. The Morgan fingerprint density at radius 2 is 2.04 bits per heavy atom. The first kappa shape index (κ1) is 14.7. The molecule has 0 saturated heterocycles. The Bertz CT molecular complexity index is 851. The van der Waals surface area contributed by atoms with Crippen LogP contribution in [-0.4, -0.2) is 18.2 Å². The summed E-state index contributed by atoms with van der Waals surface area (Å²) < 4.78 is 16.8. The van der Waals surface area contributed by atoms with Crippen molar-refractivity contribution in [2.45, 2.75) is 19.8 Å². The Kier molecular flexibility index (Phi) is 3.45. The van der Waals surface area contributed by atoms with E-state index in [1.807, 2.05) is 24.3 Å². The fourth-order valence-electron chi connectivity index (χ4n) is 3.27. The van der Waals surface area contributed by atoms with Gasteiger partial charge in [0.15, 0.2) is 5.82 Å². The van der Waals surface area contributed by atoms with Gasteiger partial charge in [-0.2, -0.15) is 0 Å². The maximum atomic E-state index is 6.01. The lowest BCUT2D eigenvalue weighted by atomic mass is 9.85. The number of hydrogen-bond acceptors (Lipinski definition) is 6. The van der Waals surface area contributed by atoms with Gasteiger partial charge in [0, 0.05) is 29.9 Å². The van der Waals surface area contributed by atoms with E-state index in [0.717, 1.165) is 41.3 Å². The summed E-state index contributed by atoms with van der Waals surface area (Å²) >= 11 is 0. The smallest absolute Gasteiger partial charge is 0.323 e. The van der Waals surface area contributed by atoms with Gasteiger partial charge < -0.3 is 24.3 Å². The van der Waals surface area contributed by atoms with Crippen molar-refractivity contribution in [3.05, 3.63) is 53.5 Å². The predicted octanol–water partition coefficient (Wildman–Crippen LogP) is 3.98.